The highest BCUT2D eigenvalue weighted by atomic mass is 16.1. The zero-order chi connectivity index (χ0) is 24.3. The number of rotatable bonds is 7. The van der Waals surface area contributed by atoms with Gasteiger partial charge < -0.3 is 10.2 Å². The van der Waals surface area contributed by atoms with Gasteiger partial charge in [0.2, 0.25) is 5.91 Å². The Bertz CT molecular complexity index is 1160. The summed E-state index contributed by atoms with van der Waals surface area (Å²) < 4.78 is 0. The van der Waals surface area contributed by atoms with Gasteiger partial charge in [0.25, 0.3) is 0 Å². The van der Waals surface area contributed by atoms with Gasteiger partial charge in [0.15, 0.2) is 0 Å². The molecule has 6 rings (SSSR count). The number of benzene rings is 2. The Kier molecular flexibility index (Phi) is 6.91. The predicted octanol–water partition coefficient (Wildman–Crippen LogP) is 5.72. The molecule has 1 saturated carbocycles. The van der Waals surface area contributed by atoms with Crippen molar-refractivity contribution in [2.75, 3.05) is 24.5 Å². The maximum Gasteiger partial charge on any atom is 0.223 e. The van der Waals surface area contributed by atoms with E-state index in [1.807, 2.05) is 12.4 Å². The summed E-state index contributed by atoms with van der Waals surface area (Å²) in [5.74, 6) is 0.457. The summed E-state index contributed by atoms with van der Waals surface area (Å²) in [5.41, 5.74) is 2.50. The van der Waals surface area contributed by atoms with E-state index in [-0.39, 0.29) is 17.9 Å². The first kappa shape index (κ1) is 23.5. The smallest absolute Gasteiger partial charge is 0.223 e. The fourth-order valence-electron chi connectivity index (χ4n) is 6.84. The van der Waals surface area contributed by atoms with Gasteiger partial charge in [-0.2, -0.15) is 0 Å². The predicted molar refractivity (Wildman–Crippen MR) is 146 cm³/mol. The SMILES string of the molecule is O=C(NC(CCN1C2CCC1CN(c1cncc3ccccc13)C2)c1ccccc1)C1CCCCC1. The molecule has 2 aromatic carbocycles. The number of anilines is 1. The average Bonchev–Trinajstić information content (AvgIpc) is 3.17. The van der Waals surface area contributed by atoms with Crippen molar-refractivity contribution in [3.05, 3.63) is 72.6 Å². The van der Waals surface area contributed by atoms with Gasteiger partial charge >= 0.3 is 0 Å². The molecule has 188 valence electrons. The molecule has 1 aromatic heterocycles. The maximum absolute atomic E-state index is 13.1. The third kappa shape index (κ3) is 4.86. The minimum absolute atomic E-state index is 0.0836. The molecule has 1 N–H and O–H groups in total. The third-order valence-electron chi connectivity index (χ3n) is 8.79. The van der Waals surface area contributed by atoms with E-state index in [1.165, 1.54) is 54.1 Å². The number of nitrogens with zero attached hydrogens (tertiary/aromatic N) is 3. The van der Waals surface area contributed by atoms with Crippen LogP contribution >= 0.6 is 0 Å². The third-order valence-corrected chi connectivity index (χ3v) is 8.79. The lowest BCUT2D eigenvalue weighted by Gasteiger charge is -2.43. The van der Waals surface area contributed by atoms with E-state index in [4.69, 9.17) is 0 Å². The van der Waals surface area contributed by atoms with Crippen molar-refractivity contribution in [1.29, 1.82) is 0 Å². The van der Waals surface area contributed by atoms with E-state index in [1.54, 1.807) is 0 Å². The number of carbonyl (C=O) groups is 1. The van der Waals surface area contributed by atoms with Crippen LogP contribution in [-0.4, -0.2) is 47.5 Å². The zero-order valence-electron chi connectivity index (χ0n) is 21.2. The molecule has 5 nitrogen and oxygen atoms in total. The van der Waals surface area contributed by atoms with Crippen LogP contribution in [0.25, 0.3) is 10.8 Å². The maximum atomic E-state index is 13.1. The number of nitrogens with one attached hydrogen (secondary N) is 1. The summed E-state index contributed by atoms with van der Waals surface area (Å²) in [6.07, 6.45) is 13.2. The van der Waals surface area contributed by atoms with Crippen molar-refractivity contribution in [1.82, 2.24) is 15.2 Å². The van der Waals surface area contributed by atoms with Gasteiger partial charge in [-0.05, 0) is 37.7 Å². The molecule has 5 heteroatoms. The molecular weight excluding hydrogens is 444 g/mol. The number of aromatic nitrogens is 1. The summed E-state index contributed by atoms with van der Waals surface area (Å²) in [6, 6.07) is 20.4. The molecule has 3 fully saturated rings. The molecule has 0 radical (unpaired) electrons. The highest BCUT2D eigenvalue weighted by Crippen LogP contribution is 2.36. The Morgan fingerprint density at radius 2 is 1.61 bits per heavy atom. The van der Waals surface area contributed by atoms with Gasteiger partial charge in [-0.25, -0.2) is 0 Å². The van der Waals surface area contributed by atoms with Crippen LogP contribution in [0, 0.1) is 5.92 Å². The van der Waals surface area contributed by atoms with E-state index in [9.17, 15) is 4.79 Å². The topological polar surface area (TPSA) is 48.5 Å². The van der Waals surface area contributed by atoms with Crippen LogP contribution in [0.15, 0.2) is 67.0 Å². The molecule has 2 bridgehead atoms. The zero-order valence-corrected chi connectivity index (χ0v) is 21.2. The normalized spacial score (nSPS) is 23.6. The number of piperazine rings is 1. The second kappa shape index (κ2) is 10.6. The minimum Gasteiger partial charge on any atom is -0.367 e. The van der Waals surface area contributed by atoms with Gasteiger partial charge in [0.05, 0.1) is 17.9 Å². The van der Waals surface area contributed by atoms with Crippen LogP contribution in [0.1, 0.15) is 63.0 Å². The Balaban J connectivity index is 1.14. The summed E-state index contributed by atoms with van der Waals surface area (Å²) in [7, 11) is 0. The Labute approximate surface area is 214 Å². The Morgan fingerprint density at radius 3 is 2.39 bits per heavy atom. The first-order valence-corrected chi connectivity index (χ1v) is 13.9. The van der Waals surface area contributed by atoms with Crippen LogP contribution < -0.4 is 10.2 Å². The second-order valence-electron chi connectivity index (χ2n) is 11.0. The number of hydrogen-bond donors (Lipinski definition) is 1. The summed E-state index contributed by atoms with van der Waals surface area (Å²) in [4.78, 5) is 23.0. The average molecular weight is 483 g/mol. The molecule has 3 aliphatic rings. The lowest BCUT2D eigenvalue weighted by atomic mass is 9.88. The van der Waals surface area contributed by atoms with Crippen LogP contribution in [0.5, 0.6) is 0 Å². The second-order valence-corrected chi connectivity index (χ2v) is 11.0. The fraction of sp³-hybridized carbons (Fsp3) is 0.484. The molecule has 0 spiro atoms. The van der Waals surface area contributed by atoms with Gasteiger partial charge in [-0.3, -0.25) is 14.7 Å². The fourth-order valence-corrected chi connectivity index (χ4v) is 6.84. The molecule has 3 atom stereocenters. The lowest BCUT2D eigenvalue weighted by molar-refractivity contribution is -0.126. The molecular formula is C31H38N4O. The van der Waals surface area contributed by atoms with Gasteiger partial charge in [-0.15, -0.1) is 0 Å². The number of fused-ring (bicyclic) bond motifs is 3. The molecule has 1 aliphatic carbocycles. The van der Waals surface area contributed by atoms with Crippen LogP contribution in [0.2, 0.25) is 0 Å². The highest BCUT2D eigenvalue weighted by molar-refractivity contribution is 5.93. The van der Waals surface area contributed by atoms with Crippen molar-refractivity contribution in [3.8, 4) is 0 Å². The molecule has 36 heavy (non-hydrogen) atoms. The van der Waals surface area contributed by atoms with Crippen molar-refractivity contribution in [3.63, 3.8) is 0 Å². The standard InChI is InChI=1S/C31H38N4O/c36-31(24-11-5-2-6-12-24)33-29(23-9-3-1-4-10-23)17-18-35-26-15-16-27(35)22-34(21-26)30-20-32-19-25-13-7-8-14-28(25)30/h1,3-4,7-10,13-14,19-20,24,26-27,29H,2,5-6,11-12,15-18,21-22H2,(H,33,36). The number of amides is 1. The summed E-state index contributed by atoms with van der Waals surface area (Å²) in [5, 5.41) is 5.98. The molecule has 2 aliphatic heterocycles. The Hall–Kier alpha value is -2.92. The molecule has 3 unspecified atom stereocenters. The first-order valence-electron chi connectivity index (χ1n) is 13.9. The first-order chi connectivity index (χ1) is 17.8. The number of pyridine rings is 1. The number of hydrogen-bond acceptors (Lipinski definition) is 4. The van der Waals surface area contributed by atoms with Crippen molar-refractivity contribution < 1.29 is 4.79 Å². The van der Waals surface area contributed by atoms with Gasteiger partial charge in [0.1, 0.15) is 0 Å². The number of carbonyl (C=O) groups excluding carboxylic acids is 1. The highest BCUT2D eigenvalue weighted by Gasteiger charge is 2.40. The van der Waals surface area contributed by atoms with E-state index in [2.05, 4.69) is 74.7 Å². The van der Waals surface area contributed by atoms with Gasteiger partial charge in [-0.1, -0.05) is 73.9 Å². The van der Waals surface area contributed by atoms with E-state index < -0.39 is 0 Å². The molecule has 3 aromatic rings. The van der Waals surface area contributed by atoms with E-state index in [0.717, 1.165) is 38.9 Å². The van der Waals surface area contributed by atoms with Crippen molar-refractivity contribution >= 4 is 22.4 Å². The molecule has 1 amide bonds. The van der Waals surface area contributed by atoms with Crippen LogP contribution in [-0.2, 0) is 4.79 Å². The van der Waals surface area contributed by atoms with Crippen molar-refractivity contribution in [2.45, 2.75) is 69.5 Å². The molecule has 2 saturated heterocycles. The monoisotopic (exact) mass is 482 g/mol. The van der Waals surface area contributed by atoms with E-state index >= 15 is 0 Å². The Morgan fingerprint density at radius 1 is 0.889 bits per heavy atom. The summed E-state index contributed by atoms with van der Waals surface area (Å²) >= 11 is 0. The minimum atomic E-state index is 0.0836. The summed E-state index contributed by atoms with van der Waals surface area (Å²) in [6.45, 7) is 3.13. The van der Waals surface area contributed by atoms with Crippen LogP contribution in [0.4, 0.5) is 5.69 Å². The van der Waals surface area contributed by atoms with Crippen molar-refractivity contribution in [2.24, 2.45) is 5.92 Å². The largest absolute Gasteiger partial charge is 0.367 e. The lowest BCUT2D eigenvalue weighted by Crippen LogP contribution is -2.54. The van der Waals surface area contributed by atoms with Crippen LogP contribution in [0.3, 0.4) is 0 Å². The quantitative estimate of drug-likeness (QED) is 0.468. The van der Waals surface area contributed by atoms with Gasteiger partial charge in [0, 0.05) is 54.6 Å². The molecule has 3 heterocycles. The van der Waals surface area contributed by atoms with E-state index in [0.29, 0.717) is 12.1 Å².